The van der Waals surface area contributed by atoms with Crippen LogP contribution in [0, 0.1) is 6.92 Å². The number of halogens is 1. The van der Waals surface area contributed by atoms with Crippen LogP contribution in [0.25, 0.3) is 0 Å². The van der Waals surface area contributed by atoms with E-state index < -0.39 is 10.0 Å². The highest BCUT2D eigenvalue weighted by Crippen LogP contribution is 2.25. The molecule has 2 aromatic carbocycles. The van der Waals surface area contributed by atoms with Crippen LogP contribution in [0.1, 0.15) is 11.1 Å². The van der Waals surface area contributed by atoms with Crippen LogP contribution in [0.5, 0.6) is 0 Å². The summed E-state index contributed by atoms with van der Waals surface area (Å²) in [6.07, 6.45) is 0. The number of rotatable bonds is 5. The smallest absolute Gasteiger partial charge is 0.263 e. The van der Waals surface area contributed by atoms with Gasteiger partial charge in [-0.15, -0.1) is 0 Å². The van der Waals surface area contributed by atoms with E-state index in [-0.39, 0.29) is 4.90 Å². The molecule has 112 valence electrons. The summed E-state index contributed by atoms with van der Waals surface area (Å²) in [5.41, 5.74) is 2.64. The summed E-state index contributed by atoms with van der Waals surface area (Å²) in [4.78, 5) is 0.225. The first kappa shape index (κ1) is 16.0. The van der Waals surface area contributed by atoms with E-state index in [0.29, 0.717) is 16.7 Å². The van der Waals surface area contributed by atoms with Gasteiger partial charge >= 0.3 is 0 Å². The van der Waals surface area contributed by atoms with Gasteiger partial charge in [0, 0.05) is 16.7 Å². The van der Waals surface area contributed by atoms with E-state index >= 15 is 0 Å². The number of sulfonamides is 1. The lowest BCUT2D eigenvalue weighted by Gasteiger charge is -2.11. The van der Waals surface area contributed by atoms with Gasteiger partial charge in [-0.3, -0.25) is 4.72 Å². The fourth-order valence-corrected chi connectivity index (χ4v) is 4.09. The third-order valence-electron chi connectivity index (χ3n) is 2.97. The third kappa shape index (κ3) is 4.06. The molecule has 0 aromatic heterocycles. The first-order valence-corrected chi connectivity index (χ1v) is 8.72. The van der Waals surface area contributed by atoms with Crippen molar-refractivity contribution >= 4 is 31.6 Å². The Morgan fingerprint density at radius 2 is 1.76 bits per heavy atom. The molecule has 0 spiro atoms. The standard InChI is InChI=1S/C15H17BrN2O2S/c1-11-3-6-13(7-4-11)18-21(19,20)15-8-5-12(10-17-2)9-14(15)16/h3-9,17-18H,10H2,1-2H3. The summed E-state index contributed by atoms with van der Waals surface area (Å²) in [5, 5.41) is 3.03. The highest BCUT2D eigenvalue weighted by molar-refractivity contribution is 9.10. The molecule has 0 aliphatic rings. The fourth-order valence-electron chi connectivity index (χ4n) is 1.91. The van der Waals surface area contributed by atoms with Gasteiger partial charge < -0.3 is 5.32 Å². The first-order valence-electron chi connectivity index (χ1n) is 6.45. The molecule has 0 heterocycles. The second-order valence-corrected chi connectivity index (χ2v) is 7.27. The molecule has 0 atom stereocenters. The monoisotopic (exact) mass is 368 g/mol. The molecular formula is C15H17BrN2O2S. The third-order valence-corrected chi connectivity index (χ3v) is 5.33. The van der Waals surface area contributed by atoms with E-state index in [9.17, 15) is 8.42 Å². The molecule has 0 amide bonds. The summed E-state index contributed by atoms with van der Waals surface area (Å²) in [6.45, 7) is 2.64. The first-order chi connectivity index (χ1) is 9.92. The van der Waals surface area contributed by atoms with Crippen molar-refractivity contribution in [3.63, 3.8) is 0 Å². The van der Waals surface area contributed by atoms with E-state index in [1.165, 1.54) is 0 Å². The van der Waals surface area contributed by atoms with Crippen LogP contribution in [0.3, 0.4) is 0 Å². The van der Waals surface area contributed by atoms with Crippen LogP contribution in [0.15, 0.2) is 51.8 Å². The predicted octanol–water partition coefficient (Wildman–Crippen LogP) is 3.28. The lowest BCUT2D eigenvalue weighted by atomic mass is 10.2. The molecule has 6 heteroatoms. The van der Waals surface area contributed by atoms with Gasteiger partial charge in [-0.05, 0) is 59.7 Å². The number of benzene rings is 2. The average molecular weight is 369 g/mol. The van der Waals surface area contributed by atoms with Gasteiger partial charge in [-0.2, -0.15) is 0 Å². The van der Waals surface area contributed by atoms with Crippen molar-refractivity contribution in [1.82, 2.24) is 5.32 Å². The molecule has 4 nitrogen and oxygen atoms in total. The zero-order valence-electron chi connectivity index (χ0n) is 11.9. The zero-order chi connectivity index (χ0) is 15.5. The van der Waals surface area contributed by atoms with Gasteiger partial charge in [0.15, 0.2) is 0 Å². The van der Waals surface area contributed by atoms with Gasteiger partial charge in [-0.1, -0.05) is 23.8 Å². The maximum absolute atomic E-state index is 12.4. The average Bonchev–Trinajstić information content (AvgIpc) is 2.41. The summed E-state index contributed by atoms with van der Waals surface area (Å²) in [5.74, 6) is 0. The maximum Gasteiger partial charge on any atom is 0.263 e. The molecule has 2 aromatic rings. The van der Waals surface area contributed by atoms with E-state index in [1.54, 1.807) is 30.3 Å². The Morgan fingerprint density at radius 3 is 2.33 bits per heavy atom. The minimum atomic E-state index is -3.61. The van der Waals surface area contributed by atoms with Crippen molar-refractivity contribution in [2.45, 2.75) is 18.4 Å². The van der Waals surface area contributed by atoms with Crippen molar-refractivity contribution < 1.29 is 8.42 Å². The van der Waals surface area contributed by atoms with Gasteiger partial charge in [0.05, 0.1) is 0 Å². The second kappa shape index (κ2) is 6.60. The van der Waals surface area contributed by atoms with Crippen molar-refractivity contribution in [2.24, 2.45) is 0 Å². The van der Waals surface area contributed by atoms with Gasteiger partial charge in [0.1, 0.15) is 4.90 Å². The minimum Gasteiger partial charge on any atom is -0.316 e. The van der Waals surface area contributed by atoms with Crippen molar-refractivity contribution in [3.05, 3.63) is 58.1 Å². The summed E-state index contributed by atoms with van der Waals surface area (Å²) >= 11 is 3.33. The van der Waals surface area contributed by atoms with E-state index in [2.05, 4.69) is 26.0 Å². The highest BCUT2D eigenvalue weighted by atomic mass is 79.9. The van der Waals surface area contributed by atoms with Gasteiger partial charge in [-0.25, -0.2) is 8.42 Å². The van der Waals surface area contributed by atoms with Crippen LogP contribution >= 0.6 is 15.9 Å². The summed E-state index contributed by atoms with van der Waals surface area (Å²) in [7, 11) is -1.76. The van der Waals surface area contributed by atoms with Crippen LogP contribution in [-0.4, -0.2) is 15.5 Å². The summed E-state index contributed by atoms with van der Waals surface area (Å²) in [6, 6.07) is 12.4. The molecule has 0 bridgehead atoms. The Labute approximate surface area is 133 Å². The SMILES string of the molecule is CNCc1ccc(S(=O)(=O)Nc2ccc(C)cc2)c(Br)c1. The molecule has 0 aliphatic heterocycles. The molecule has 2 rings (SSSR count). The number of anilines is 1. The largest absolute Gasteiger partial charge is 0.316 e. The maximum atomic E-state index is 12.4. The topological polar surface area (TPSA) is 58.2 Å². The number of hydrogen-bond acceptors (Lipinski definition) is 3. The van der Waals surface area contributed by atoms with E-state index in [0.717, 1.165) is 11.1 Å². The van der Waals surface area contributed by atoms with Crippen molar-refractivity contribution in [2.75, 3.05) is 11.8 Å². The molecule has 0 unspecified atom stereocenters. The Morgan fingerprint density at radius 1 is 1.10 bits per heavy atom. The van der Waals surface area contributed by atoms with Crippen molar-refractivity contribution in [3.8, 4) is 0 Å². The van der Waals surface area contributed by atoms with Gasteiger partial charge in [0.25, 0.3) is 10.0 Å². The molecule has 0 saturated heterocycles. The number of nitrogens with one attached hydrogen (secondary N) is 2. The number of hydrogen-bond donors (Lipinski definition) is 2. The fraction of sp³-hybridized carbons (Fsp3) is 0.200. The van der Waals surface area contributed by atoms with Crippen LogP contribution < -0.4 is 10.0 Å². The Hall–Kier alpha value is -1.37. The second-order valence-electron chi connectivity index (χ2n) is 4.77. The van der Waals surface area contributed by atoms with Crippen molar-refractivity contribution in [1.29, 1.82) is 0 Å². The molecule has 2 N–H and O–H groups in total. The van der Waals surface area contributed by atoms with Crippen LogP contribution in [-0.2, 0) is 16.6 Å². The van der Waals surface area contributed by atoms with Gasteiger partial charge in [0.2, 0.25) is 0 Å². The van der Waals surface area contributed by atoms with E-state index in [1.807, 2.05) is 26.1 Å². The Balaban J connectivity index is 2.29. The molecule has 0 saturated carbocycles. The Kier molecular flexibility index (Phi) is 5.03. The zero-order valence-corrected chi connectivity index (χ0v) is 14.3. The lowest BCUT2D eigenvalue weighted by molar-refractivity contribution is 0.600. The minimum absolute atomic E-state index is 0.225. The molecular weight excluding hydrogens is 352 g/mol. The molecule has 0 radical (unpaired) electrons. The normalized spacial score (nSPS) is 11.4. The quantitative estimate of drug-likeness (QED) is 0.851. The predicted molar refractivity (Wildman–Crippen MR) is 88.9 cm³/mol. The summed E-state index contributed by atoms with van der Waals surface area (Å²) < 4.78 is 28.0. The molecule has 21 heavy (non-hydrogen) atoms. The van der Waals surface area contributed by atoms with Crippen LogP contribution in [0.2, 0.25) is 0 Å². The number of aryl methyl sites for hydroxylation is 1. The molecule has 0 aliphatic carbocycles. The lowest BCUT2D eigenvalue weighted by Crippen LogP contribution is -2.14. The molecule has 0 fully saturated rings. The van der Waals surface area contributed by atoms with E-state index in [4.69, 9.17) is 0 Å². The van der Waals surface area contributed by atoms with Crippen LogP contribution in [0.4, 0.5) is 5.69 Å². The highest BCUT2D eigenvalue weighted by Gasteiger charge is 2.17. The Bertz CT molecular complexity index is 728.